The van der Waals surface area contributed by atoms with Crippen molar-refractivity contribution in [3.05, 3.63) is 59.8 Å². The van der Waals surface area contributed by atoms with Crippen molar-refractivity contribution < 1.29 is 17.9 Å². The Morgan fingerprint density at radius 1 is 1.02 bits per heavy atom. The Hall–Kier alpha value is -3.40. The van der Waals surface area contributed by atoms with Gasteiger partial charge >= 0.3 is 0 Å². The number of carbonyl (C=O) groups excluding carboxylic acids is 1. The van der Waals surface area contributed by atoms with Gasteiger partial charge in [-0.3, -0.25) is 4.79 Å². The second-order valence-corrected chi connectivity index (χ2v) is 16.0. The number of aromatic nitrogens is 3. The van der Waals surface area contributed by atoms with Crippen molar-refractivity contribution in [2.45, 2.75) is 85.6 Å². The first-order valence-electron chi connectivity index (χ1n) is 15.0. The van der Waals surface area contributed by atoms with Crippen molar-refractivity contribution >= 4 is 21.7 Å². The van der Waals surface area contributed by atoms with E-state index in [1.54, 1.807) is 48.1 Å². The summed E-state index contributed by atoms with van der Waals surface area (Å²) in [6, 6.07) is 11.7. The lowest BCUT2D eigenvalue weighted by molar-refractivity contribution is 0.0981. The molecule has 232 valence electrons. The van der Waals surface area contributed by atoms with E-state index < -0.39 is 15.9 Å². The highest BCUT2D eigenvalue weighted by Crippen LogP contribution is 2.68. The van der Waals surface area contributed by atoms with E-state index in [1.807, 2.05) is 6.07 Å². The Balaban J connectivity index is 1.48. The molecular formula is C33H45N5O4S. The second kappa shape index (κ2) is 10.4. The number of ether oxygens (including phenoxy) is 1. The van der Waals surface area contributed by atoms with Crippen LogP contribution < -0.4 is 14.4 Å². The van der Waals surface area contributed by atoms with E-state index in [2.05, 4.69) is 70.1 Å². The molecule has 0 radical (unpaired) electrons. The van der Waals surface area contributed by atoms with E-state index >= 15 is 0 Å². The van der Waals surface area contributed by atoms with Crippen LogP contribution in [-0.2, 0) is 10.0 Å². The third-order valence-electron chi connectivity index (χ3n) is 10.5. The molecule has 0 unspecified atom stereocenters. The molecule has 5 rings (SSSR count). The lowest BCUT2D eigenvalue weighted by atomic mass is 9.82. The number of aryl methyl sites for hydroxylation is 1. The zero-order chi connectivity index (χ0) is 31.6. The molecule has 3 aromatic rings. The van der Waals surface area contributed by atoms with Crippen molar-refractivity contribution in [3.63, 3.8) is 0 Å². The third kappa shape index (κ3) is 5.54. The second-order valence-electron chi connectivity index (χ2n) is 14.4. The predicted molar refractivity (Wildman–Crippen MR) is 168 cm³/mol. The van der Waals surface area contributed by atoms with Crippen molar-refractivity contribution in [1.82, 2.24) is 19.5 Å². The van der Waals surface area contributed by atoms with Gasteiger partial charge in [-0.25, -0.2) is 22.8 Å². The van der Waals surface area contributed by atoms with Gasteiger partial charge in [0.05, 0.1) is 17.1 Å². The highest BCUT2D eigenvalue weighted by atomic mass is 32.2. The van der Waals surface area contributed by atoms with E-state index in [9.17, 15) is 13.2 Å². The number of rotatable bonds is 9. The van der Waals surface area contributed by atoms with Crippen molar-refractivity contribution in [3.8, 4) is 11.7 Å². The molecule has 1 N–H and O–H groups in total. The van der Waals surface area contributed by atoms with E-state index in [0.29, 0.717) is 42.1 Å². The predicted octanol–water partition coefficient (Wildman–Crippen LogP) is 6.16. The smallest absolute Gasteiger partial charge is 0.268 e. The Labute approximate surface area is 256 Å². The molecule has 43 heavy (non-hydrogen) atoms. The standard InChI is InChI=1S/C33H45N5O4S/c1-10-33(9)20-30(3,4)37(21-33)28-23(29(39)36-43(40,41)24-14-12-11-13-22(24)2)15-16-26(34-28)38-18-17-27(35-38)42-19-25-31(5,6)32(25,7)8/h11-18,25H,10,19-21H2,1-9H3,(H,36,39)/t33-/m0/s1. The Morgan fingerprint density at radius 2 is 1.70 bits per heavy atom. The molecule has 3 heterocycles. The zero-order valence-electron chi connectivity index (χ0n) is 26.9. The molecule has 1 aromatic carbocycles. The Bertz CT molecular complexity index is 1640. The van der Waals surface area contributed by atoms with Gasteiger partial charge in [0, 0.05) is 30.3 Å². The van der Waals surface area contributed by atoms with Crippen LogP contribution in [0.2, 0.25) is 0 Å². The van der Waals surface area contributed by atoms with E-state index in [-0.39, 0.29) is 32.2 Å². The van der Waals surface area contributed by atoms with Crippen LogP contribution in [0.15, 0.2) is 53.6 Å². The van der Waals surface area contributed by atoms with Gasteiger partial charge in [0.15, 0.2) is 5.82 Å². The van der Waals surface area contributed by atoms with Gasteiger partial charge in [0.2, 0.25) is 5.88 Å². The van der Waals surface area contributed by atoms with Crippen LogP contribution in [0.4, 0.5) is 5.82 Å². The van der Waals surface area contributed by atoms with Gasteiger partial charge in [-0.1, -0.05) is 59.7 Å². The first-order chi connectivity index (χ1) is 19.9. The molecule has 1 saturated carbocycles. The molecule has 1 aliphatic heterocycles. The summed E-state index contributed by atoms with van der Waals surface area (Å²) in [5.74, 6) is 1.16. The number of amides is 1. The van der Waals surface area contributed by atoms with Gasteiger partial charge < -0.3 is 9.64 Å². The lowest BCUT2D eigenvalue weighted by Crippen LogP contribution is -2.41. The number of anilines is 1. The highest BCUT2D eigenvalue weighted by Gasteiger charge is 2.64. The number of hydrogen-bond acceptors (Lipinski definition) is 7. The van der Waals surface area contributed by atoms with Crippen molar-refractivity contribution in [2.75, 3.05) is 18.1 Å². The monoisotopic (exact) mass is 607 g/mol. The number of nitrogens with zero attached hydrogens (tertiary/aromatic N) is 4. The minimum absolute atomic E-state index is 0.0131. The maximum atomic E-state index is 13.7. The average Bonchev–Trinajstić information content (AvgIpc) is 3.28. The van der Waals surface area contributed by atoms with E-state index in [1.165, 1.54) is 6.07 Å². The third-order valence-corrected chi connectivity index (χ3v) is 12.0. The molecule has 1 amide bonds. The molecule has 1 aliphatic carbocycles. The van der Waals surface area contributed by atoms with Crippen LogP contribution in [0.3, 0.4) is 0 Å². The van der Waals surface area contributed by atoms with Crippen LogP contribution in [0.1, 0.15) is 84.2 Å². The van der Waals surface area contributed by atoms with Crippen LogP contribution in [0.5, 0.6) is 5.88 Å². The maximum Gasteiger partial charge on any atom is 0.268 e. The number of pyridine rings is 1. The molecule has 1 saturated heterocycles. The molecule has 1 atom stereocenters. The minimum Gasteiger partial charge on any atom is -0.476 e. The first kappa shape index (κ1) is 31.0. The SMILES string of the molecule is CC[C@]1(C)CN(c2nc(-n3ccc(OCC4C(C)(C)C4(C)C)n3)ccc2C(=O)NS(=O)(=O)c2ccccc2C)C(C)(C)C1. The fourth-order valence-electron chi connectivity index (χ4n) is 6.86. The van der Waals surface area contributed by atoms with Gasteiger partial charge in [-0.2, -0.15) is 0 Å². The summed E-state index contributed by atoms with van der Waals surface area (Å²) in [6.07, 6.45) is 3.65. The Kier molecular flexibility index (Phi) is 7.47. The summed E-state index contributed by atoms with van der Waals surface area (Å²) in [5, 5.41) is 4.62. The summed E-state index contributed by atoms with van der Waals surface area (Å²) in [4.78, 5) is 20.8. The van der Waals surface area contributed by atoms with Crippen molar-refractivity contribution in [2.24, 2.45) is 22.2 Å². The van der Waals surface area contributed by atoms with Gasteiger partial charge in [0.25, 0.3) is 15.9 Å². The molecule has 10 heteroatoms. The molecule has 2 aliphatic rings. The molecule has 2 fully saturated rings. The van der Waals surface area contributed by atoms with Crippen LogP contribution in [0.25, 0.3) is 5.82 Å². The summed E-state index contributed by atoms with van der Waals surface area (Å²) in [6.45, 7) is 20.7. The van der Waals surface area contributed by atoms with Crippen LogP contribution >= 0.6 is 0 Å². The number of sulfonamides is 1. The summed E-state index contributed by atoms with van der Waals surface area (Å²) >= 11 is 0. The van der Waals surface area contributed by atoms with Crippen LogP contribution in [0, 0.1) is 29.1 Å². The minimum atomic E-state index is -4.10. The number of nitrogens with one attached hydrogen (secondary N) is 1. The molecule has 2 aromatic heterocycles. The zero-order valence-corrected chi connectivity index (χ0v) is 27.7. The fraction of sp³-hybridized carbons (Fsp3) is 0.545. The molecular weight excluding hydrogens is 562 g/mol. The summed E-state index contributed by atoms with van der Waals surface area (Å²) < 4.78 is 36.5. The summed E-state index contributed by atoms with van der Waals surface area (Å²) in [7, 11) is -4.10. The quantitative estimate of drug-likeness (QED) is 0.311. The topological polar surface area (TPSA) is 106 Å². The fourth-order valence-corrected chi connectivity index (χ4v) is 8.07. The molecule has 9 nitrogen and oxygen atoms in total. The molecule has 0 spiro atoms. The normalized spacial score (nSPS) is 22.4. The van der Waals surface area contributed by atoms with Gasteiger partial charge in [0.1, 0.15) is 5.82 Å². The highest BCUT2D eigenvalue weighted by molar-refractivity contribution is 7.90. The van der Waals surface area contributed by atoms with E-state index in [0.717, 1.165) is 12.8 Å². The Morgan fingerprint density at radius 3 is 2.30 bits per heavy atom. The van der Waals surface area contributed by atoms with Crippen molar-refractivity contribution in [1.29, 1.82) is 0 Å². The largest absolute Gasteiger partial charge is 0.476 e. The average molecular weight is 608 g/mol. The maximum absolute atomic E-state index is 13.7. The van der Waals surface area contributed by atoms with Gasteiger partial charge in [-0.15, -0.1) is 5.10 Å². The van der Waals surface area contributed by atoms with E-state index in [4.69, 9.17) is 9.72 Å². The number of carbonyl (C=O) groups is 1. The van der Waals surface area contributed by atoms with Crippen LogP contribution in [-0.4, -0.2) is 47.8 Å². The van der Waals surface area contributed by atoms with Gasteiger partial charge in [-0.05, 0) is 73.6 Å². The molecule has 0 bridgehead atoms. The lowest BCUT2D eigenvalue weighted by Gasteiger charge is -2.34. The first-order valence-corrected chi connectivity index (χ1v) is 16.5. The number of hydrogen-bond donors (Lipinski definition) is 1. The summed E-state index contributed by atoms with van der Waals surface area (Å²) in [5.41, 5.74) is 0.870. The number of benzene rings is 1.